The maximum Gasteiger partial charge on any atom is 0.182 e. The molecule has 2 fully saturated rings. The first-order chi connectivity index (χ1) is 13.1. The number of nitrogens with one attached hydrogen (secondary N) is 2. The van der Waals surface area contributed by atoms with Crippen LogP contribution in [0.2, 0.25) is 0 Å². The van der Waals surface area contributed by atoms with Gasteiger partial charge in [0.1, 0.15) is 51.6 Å². The third-order valence-electron chi connectivity index (χ3n) is 6.40. The van der Waals surface area contributed by atoms with Gasteiger partial charge in [-0.25, -0.2) is 4.58 Å². The fourth-order valence-electron chi connectivity index (χ4n) is 4.94. The molecule has 1 aliphatic carbocycles. The summed E-state index contributed by atoms with van der Waals surface area (Å²) in [5.74, 6) is 0. The lowest BCUT2D eigenvalue weighted by Gasteiger charge is -2.35. The molecule has 2 N–H and O–H groups in total. The number of quaternary nitrogens is 2. The second-order valence-corrected chi connectivity index (χ2v) is 9.29. The normalized spacial score (nSPS) is 28.7. The highest BCUT2D eigenvalue weighted by molar-refractivity contribution is 5.92. The van der Waals surface area contributed by atoms with E-state index in [2.05, 4.69) is 54.8 Å². The van der Waals surface area contributed by atoms with Crippen molar-refractivity contribution in [1.29, 1.82) is 0 Å². The zero-order valence-electron chi connectivity index (χ0n) is 17.1. The lowest BCUT2D eigenvalue weighted by Crippen LogP contribution is -3.26. The highest BCUT2D eigenvalue weighted by Gasteiger charge is 2.37. The van der Waals surface area contributed by atoms with Crippen LogP contribution in [0.15, 0.2) is 42.1 Å². The maximum absolute atomic E-state index is 5.56. The number of hydrogen-bond donors (Lipinski definition) is 2. The maximum atomic E-state index is 5.56. The zero-order valence-corrected chi connectivity index (χ0v) is 17.1. The zero-order chi connectivity index (χ0) is 18.7. The summed E-state index contributed by atoms with van der Waals surface area (Å²) in [5, 5.41) is 0. The molecule has 1 aromatic rings. The Labute approximate surface area is 164 Å². The van der Waals surface area contributed by atoms with E-state index in [0.29, 0.717) is 5.41 Å². The van der Waals surface area contributed by atoms with Crippen molar-refractivity contribution >= 4 is 5.71 Å². The molecular formula is C23H36N3O+3. The highest BCUT2D eigenvalue weighted by Crippen LogP contribution is 2.32. The predicted molar refractivity (Wildman–Crippen MR) is 108 cm³/mol. The first-order valence-corrected chi connectivity index (χ1v) is 10.7. The van der Waals surface area contributed by atoms with E-state index >= 15 is 0 Å². The Morgan fingerprint density at radius 1 is 0.963 bits per heavy atom. The lowest BCUT2D eigenvalue weighted by atomic mass is 9.78. The molecule has 0 aromatic heterocycles. The molecule has 2 aliphatic heterocycles. The molecule has 0 bridgehead atoms. The molecule has 27 heavy (non-hydrogen) atoms. The second-order valence-electron chi connectivity index (χ2n) is 9.29. The van der Waals surface area contributed by atoms with E-state index in [1.54, 1.807) is 21.2 Å². The number of allylic oxidation sites excluding steroid dienone is 2. The summed E-state index contributed by atoms with van der Waals surface area (Å²) in [6, 6.07) is 11.0. The Bertz CT molecular complexity index is 692. The number of nitrogens with zero attached hydrogens (tertiary/aromatic N) is 1. The van der Waals surface area contributed by atoms with Crippen LogP contribution in [0.25, 0.3) is 0 Å². The van der Waals surface area contributed by atoms with Crippen molar-refractivity contribution in [2.24, 2.45) is 5.41 Å². The van der Waals surface area contributed by atoms with Crippen LogP contribution in [0.5, 0.6) is 0 Å². The highest BCUT2D eigenvalue weighted by atomic mass is 16.5. The van der Waals surface area contributed by atoms with Crippen LogP contribution in [0.1, 0.15) is 32.3 Å². The Balaban J connectivity index is 1.42. The summed E-state index contributed by atoms with van der Waals surface area (Å²) in [6.45, 7) is 15.0. The van der Waals surface area contributed by atoms with Gasteiger partial charge in [0.2, 0.25) is 0 Å². The molecule has 0 amide bonds. The van der Waals surface area contributed by atoms with Crippen LogP contribution >= 0.6 is 0 Å². The Morgan fingerprint density at radius 3 is 2.37 bits per heavy atom. The minimum atomic E-state index is 0.374. The van der Waals surface area contributed by atoms with Crippen molar-refractivity contribution in [2.45, 2.75) is 33.2 Å². The van der Waals surface area contributed by atoms with Gasteiger partial charge in [-0.1, -0.05) is 44.2 Å². The lowest BCUT2D eigenvalue weighted by molar-refractivity contribution is -1.00. The molecule has 4 nitrogen and oxygen atoms in total. The Kier molecular flexibility index (Phi) is 5.76. The SMILES string of the molecule is CC1(C)CC([NH+]2CC[NH+](Cc3ccccc3)CC2)=CC(=[N+]2CCOCC2)C1. The average Bonchev–Trinajstić information content (AvgIpc) is 2.69. The molecule has 0 unspecified atom stereocenters. The van der Waals surface area contributed by atoms with Crippen molar-refractivity contribution in [3.63, 3.8) is 0 Å². The van der Waals surface area contributed by atoms with Crippen molar-refractivity contribution in [1.82, 2.24) is 0 Å². The molecule has 2 saturated heterocycles. The standard InChI is InChI=1S/C23H34N3O/c1-23(2)17-21(16-22(18-23)26-12-14-27-15-13-26)25-10-8-24(9-11-25)19-20-6-4-3-5-7-20/h3-7,16H,8-15,17-19H2,1-2H3/q+1/p+2. The van der Waals surface area contributed by atoms with Crippen LogP contribution in [0, 0.1) is 5.41 Å². The predicted octanol–water partition coefficient (Wildman–Crippen LogP) is 0.158. The fourth-order valence-corrected chi connectivity index (χ4v) is 4.94. The molecule has 4 heteroatoms. The van der Waals surface area contributed by atoms with Crippen molar-refractivity contribution in [2.75, 3.05) is 52.5 Å². The van der Waals surface area contributed by atoms with Gasteiger partial charge in [0.05, 0.1) is 6.08 Å². The Hall–Kier alpha value is -1.49. The third-order valence-corrected chi connectivity index (χ3v) is 6.40. The smallest absolute Gasteiger partial charge is 0.182 e. The van der Waals surface area contributed by atoms with Gasteiger partial charge in [0, 0.05) is 18.4 Å². The number of ether oxygens (including phenoxy) is 1. The van der Waals surface area contributed by atoms with Gasteiger partial charge in [-0.3, -0.25) is 4.90 Å². The number of rotatable bonds is 3. The summed E-state index contributed by atoms with van der Waals surface area (Å²) >= 11 is 0. The molecule has 146 valence electrons. The van der Waals surface area contributed by atoms with Crippen LogP contribution < -0.4 is 9.80 Å². The van der Waals surface area contributed by atoms with Crippen LogP contribution in [0.3, 0.4) is 0 Å². The van der Waals surface area contributed by atoms with Crippen LogP contribution in [-0.4, -0.2) is 62.8 Å². The van der Waals surface area contributed by atoms with Crippen LogP contribution in [-0.2, 0) is 11.3 Å². The van der Waals surface area contributed by atoms with Crippen LogP contribution in [0.4, 0.5) is 0 Å². The largest absolute Gasteiger partial charge is 0.368 e. The molecule has 3 aliphatic rings. The first kappa shape index (κ1) is 18.9. The van der Waals surface area contributed by atoms with E-state index in [9.17, 15) is 0 Å². The van der Waals surface area contributed by atoms with Crippen molar-refractivity contribution in [3.8, 4) is 0 Å². The van der Waals surface area contributed by atoms with Crippen molar-refractivity contribution < 1.29 is 19.1 Å². The van der Waals surface area contributed by atoms with Gasteiger partial charge >= 0.3 is 0 Å². The summed E-state index contributed by atoms with van der Waals surface area (Å²) in [7, 11) is 0. The molecule has 0 radical (unpaired) electrons. The van der Waals surface area contributed by atoms with E-state index in [0.717, 1.165) is 26.3 Å². The number of piperazine rings is 1. The quantitative estimate of drug-likeness (QED) is 0.727. The minimum Gasteiger partial charge on any atom is -0.368 e. The van der Waals surface area contributed by atoms with E-state index in [4.69, 9.17) is 4.74 Å². The second kappa shape index (κ2) is 8.26. The summed E-state index contributed by atoms with van der Waals surface area (Å²) in [4.78, 5) is 3.46. The summed E-state index contributed by atoms with van der Waals surface area (Å²) < 4.78 is 8.13. The van der Waals surface area contributed by atoms with E-state index in [-0.39, 0.29) is 0 Å². The number of hydrogen-bond acceptors (Lipinski definition) is 1. The summed E-state index contributed by atoms with van der Waals surface area (Å²) in [6.07, 6.45) is 4.99. The fraction of sp³-hybridized carbons (Fsp3) is 0.609. The molecular weight excluding hydrogens is 334 g/mol. The van der Waals surface area contributed by atoms with Gasteiger partial charge in [-0.15, -0.1) is 0 Å². The van der Waals surface area contributed by atoms with Crippen molar-refractivity contribution in [3.05, 3.63) is 47.7 Å². The monoisotopic (exact) mass is 370 g/mol. The number of morpholine rings is 1. The van der Waals surface area contributed by atoms with Gasteiger partial charge in [0.15, 0.2) is 18.8 Å². The topological polar surface area (TPSA) is 21.1 Å². The third kappa shape index (κ3) is 4.87. The van der Waals surface area contributed by atoms with Gasteiger partial charge < -0.3 is 9.64 Å². The molecule has 0 atom stereocenters. The van der Waals surface area contributed by atoms with E-state index in [1.807, 2.05) is 0 Å². The van der Waals surface area contributed by atoms with Gasteiger partial charge in [-0.05, 0) is 5.41 Å². The summed E-state index contributed by atoms with van der Waals surface area (Å²) in [5.41, 5.74) is 5.04. The van der Waals surface area contributed by atoms with Gasteiger partial charge in [0.25, 0.3) is 0 Å². The molecule has 4 rings (SSSR count). The first-order valence-electron chi connectivity index (χ1n) is 10.7. The number of benzene rings is 1. The average molecular weight is 371 g/mol. The molecule has 1 aromatic carbocycles. The van der Waals surface area contributed by atoms with Gasteiger partial charge in [-0.2, -0.15) is 0 Å². The van der Waals surface area contributed by atoms with E-state index < -0.39 is 0 Å². The molecule has 0 spiro atoms. The molecule has 0 saturated carbocycles. The van der Waals surface area contributed by atoms with E-state index in [1.165, 1.54) is 51.1 Å². The Morgan fingerprint density at radius 2 is 1.67 bits per heavy atom. The minimum absolute atomic E-state index is 0.374. The molecule has 2 heterocycles.